The number of fused-ring (bicyclic) bond motifs is 3. The van der Waals surface area contributed by atoms with Crippen LogP contribution in [0.2, 0.25) is 0 Å². The van der Waals surface area contributed by atoms with Gasteiger partial charge >= 0.3 is 5.69 Å². The Kier molecular flexibility index (Phi) is 4.25. The predicted molar refractivity (Wildman–Crippen MR) is 111 cm³/mol. The summed E-state index contributed by atoms with van der Waals surface area (Å²) in [5.41, 5.74) is 4.57. The van der Waals surface area contributed by atoms with Crippen molar-refractivity contribution in [3.05, 3.63) is 62.1 Å². The van der Waals surface area contributed by atoms with E-state index in [9.17, 15) is 9.59 Å². The molecule has 0 N–H and O–H groups in total. The third kappa shape index (κ3) is 2.53. The van der Waals surface area contributed by atoms with E-state index in [4.69, 9.17) is 4.98 Å². The number of hydrogen-bond acceptors (Lipinski definition) is 3. The molecule has 3 aromatic heterocycles. The summed E-state index contributed by atoms with van der Waals surface area (Å²) < 4.78 is 6.65. The first-order valence-electron chi connectivity index (χ1n) is 9.62. The van der Waals surface area contributed by atoms with E-state index in [1.165, 1.54) is 14.7 Å². The predicted octanol–water partition coefficient (Wildman–Crippen LogP) is 2.86. The maximum atomic E-state index is 13.1. The minimum Gasteiger partial charge on any atom is -0.283 e. The van der Waals surface area contributed by atoms with Crippen LogP contribution in [0.1, 0.15) is 36.6 Å². The van der Waals surface area contributed by atoms with Crippen LogP contribution in [0, 0.1) is 20.8 Å². The summed E-state index contributed by atoms with van der Waals surface area (Å²) in [7, 11) is 1.67. The van der Waals surface area contributed by atoms with E-state index in [2.05, 4.69) is 32.0 Å². The summed E-state index contributed by atoms with van der Waals surface area (Å²) in [4.78, 5) is 30.5. The van der Waals surface area contributed by atoms with Crippen LogP contribution in [0.15, 0.2) is 34.0 Å². The fraction of sp³-hybridized carbons (Fsp3) is 0.381. The number of hydrogen-bond donors (Lipinski definition) is 0. The molecule has 146 valence electrons. The van der Waals surface area contributed by atoms with Crippen molar-refractivity contribution in [3.63, 3.8) is 0 Å². The van der Waals surface area contributed by atoms with Crippen LogP contribution in [-0.4, -0.2) is 23.1 Å². The molecule has 3 heterocycles. The molecule has 0 atom stereocenters. The molecule has 4 aromatic rings. The zero-order chi connectivity index (χ0) is 20.2. The molecule has 0 aliphatic rings. The number of benzene rings is 1. The molecule has 0 bridgehead atoms. The van der Waals surface area contributed by atoms with Gasteiger partial charge in [0.15, 0.2) is 11.2 Å². The monoisotopic (exact) mass is 379 g/mol. The van der Waals surface area contributed by atoms with Crippen molar-refractivity contribution in [3.8, 4) is 5.69 Å². The Bertz CT molecular complexity index is 1330. The molecule has 0 amide bonds. The second-order valence-corrected chi connectivity index (χ2v) is 7.50. The number of aromatic nitrogens is 5. The third-order valence-electron chi connectivity index (χ3n) is 5.35. The zero-order valence-electron chi connectivity index (χ0n) is 17.0. The molecular weight excluding hydrogens is 354 g/mol. The van der Waals surface area contributed by atoms with Gasteiger partial charge in [0.2, 0.25) is 5.78 Å². The molecule has 0 unspecified atom stereocenters. The molecule has 7 heteroatoms. The van der Waals surface area contributed by atoms with Crippen molar-refractivity contribution in [2.45, 2.75) is 47.1 Å². The molecule has 0 saturated carbocycles. The normalized spacial score (nSPS) is 11.8. The number of aryl methyl sites for hydroxylation is 4. The number of nitrogens with zero attached hydrogens (tertiary/aromatic N) is 5. The van der Waals surface area contributed by atoms with Gasteiger partial charge in [0.1, 0.15) is 0 Å². The average molecular weight is 379 g/mol. The van der Waals surface area contributed by atoms with E-state index in [-0.39, 0.29) is 11.2 Å². The van der Waals surface area contributed by atoms with E-state index in [1.807, 2.05) is 29.0 Å². The summed E-state index contributed by atoms with van der Waals surface area (Å²) >= 11 is 0. The average Bonchev–Trinajstić information content (AvgIpc) is 3.15. The first-order chi connectivity index (χ1) is 13.3. The van der Waals surface area contributed by atoms with E-state index in [0.29, 0.717) is 23.5 Å². The van der Waals surface area contributed by atoms with Crippen molar-refractivity contribution in [1.82, 2.24) is 23.1 Å². The fourth-order valence-electron chi connectivity index (χ4n) is 3.88. The summed E-state index contributed by atoms with van der Waals surface area (Å²) in [5.74, 6) is 0.639. The van der Waals surface area contributed by atoms with Crippen LogP contribution < -0.4 is 11.2 Å². The number of rotatable bonds is 4. The fourth-order valence-corrected chi connectivity index (χ4v) is 3.88. The molecule has 0 radical (unpaired) electrons. The third-order valence-corrected chi connectivity index (χ3v) is 5.35. The zero-order valence-corrected chi connectivity index (χ0v) is 17.0. The van der Waals surface area contributed by atoms with Crippen LogP contribution in [0.4, 0.5) is 0 Å². The van der Waals surface area contributed by atoms with Gasteiger partial charge in [-0.2, -0.15) is 4.98 Å². The summed E-state index contributed by atoms with van der Waals surface area (Å²) in [6.07, 6.45) is 3.61. The molecule has 0 fully saturated rings. The van der Waals surface area contributed by atoms with Crippen molar-refractivity contribution >= 4 is 16.9 Å². The van der Waals surface area contributed by atoms with Crippen molar-refractivity contribution in [1.29, 1.82) is 0 Å². The van der Waals surface area contributed by atoms with Gasteiger partial charge in [0.25, 0.3) is 5.56 Å². The Balaban J connectivity index is 2.09. The van der Waals surface area contributed by atoms with Gasteiger partial charge in [-0.05, 0) is 38.8 Å². The van der Waals surface area contributed by atoms with Crippen molar-refractivity contribution in [2.75, 3.05) is 0 Å². The molecule has 0 aliphatic carbocycles. The molecule has 0 saturated heterocycles. The lowest BCUT2D eigenvalue weighted by Gasteiger charge is -2.10. The molecule has 28 heavy (non-hydrogen) atoms. The molecule has 7 nitrogen and oxygen atoms in total. The second kappa shape index (κ2) is 6.51. The maximum Gasteiger partial charge on any atom is 0.332 e. The van der Waals surface area contributed by atoms with E-state index in [0.717, 1.165) is 29.8 Å². The Morgan fingerprint density at radius 2 is 1.86 bits per heavy atom. The van der Waals surface area contributed by atoms with E-state index >= 15 is 0 Å². The first-order valence-corrected chi connectivity index (χ1v) is 9.62. The maximum absolute atomic E-state index is 13.1. The summed E-state index contributed by atoms with van der Waals surface area (Å²) in [6, 6.07) is 6.26. The molecule has 1 aromatic carbocycles. The van der Waals surface area contributed by atoms with Gasteiger partial charge in [0.05, 0.1) is 5.69 Å². The highest BCUT2D eigenvalue weighted by Crippen LogP contribution is 2.23. The Morgan fingerprint density at radius 1 is 1.11 bits per heavy atom. The highest BCUT2D eigenvalue weighted by molar-refractivity contribution is 5.76. The first kappa shape index (κ1) is 18.3. The molecular formula is C21H25N5O2. The lowest BCUT2D eigenvalue weighted by atomic mass is 10.1. The lowest BCUT2D eigenvalue weighted by Crippen LogP contribution is -2.39. The minimum atomic E-state index is -0.318. The lowest BCUT2D eigenvalue weighted by molar-refractivity contribution is 0.566. The van der Waals surface area contributed by atoms with Crippen LogP contribution in [0.5, 0.6) is 0 Å². The van der Waals surface area contributed by atoms with Crippen molar-refractivity contribution < 1.29 is 0 Å². The molecule has 4 rings (SSSR count). The summed E-state index contributed by atoms with van der Waals surface area (Å²) in [5, 5.41) is 0. The standard InChI is InChI=1S/C21H25N5O2/c1-6-7-10-24-19(27)17-18(23(5)21(24)28)22-20-25(17)12-15(4)26(20)16-9-8-13(2)11-14(16)3/h8-9,11-12H,6-7,10H2,1-5H3. The van der Waals surface area contributed by atoms with E-state index < -0.39 is 0 Å². The van der Waals surface area contributed by atoms with Gasteiger partial charge in [-0.15, -0.1) is 0 Å². The smallest absolute Gasteiger partial charge is 0.283 e. The SMILES string of the molecule is CCCCn1c(=O)c2c(nc3n(-c4ccc(C)cc4C)c(C)cn23)n(C)c1=O. The number of unbranched alkanes of at least 4 members (excludes halogenated alkanes) is 1. The van der Waals surface area contributed by atoms with Crippen LogP contribution in [0.25, 0.3) is 22.6 Å². The van der Waals surface area contributed by atoms with Gasteiger partial charge < -0.3 is 0 Å². The van der Waals surface area contributed by atoms with Crippen LogP contribution in [0.3, 0.4) is 0 Å². The Labute approximate surface area is 162 Å². The van der Waals surface area contributed by atoms with E-state index in [1.54, 1.807) is 7.05 Å². The van der Waals surface area contributed by atoms with Gasteiger partial charge in [-0.1, -0.05) is 31.0 Å². The van der Waals surface area contributed by atoms with Gasteiger partial charge in [-0.25, -0.2) is 4.79 Å². The quantitative estimate of drug-likeness (QED) is 0.548. The highest BCUT2D eigenvalue weighted by atomic mass is 16.2. The van der Waals surface area contributed by atoms with Gasteiger partial charge in [0, 0.05) is 25.5 Å². The number of imidazole rings is 2. The van der Waals surface area contributed by atoms with Crippen molar-refractivity contribution in [2.24, 2.45) is 7.05 Å². The van der Waals surface area contributed by atoms with Gasteiger partial charge in [-0.3, -0.25) is 22.9 Å². The Morgan fingerprint density at radius 3 is 2.54 bits per heavy atom. The Hall–Kier alpha value is -3.09. The minimum absolute atomic E-state index is 0.281. The molecule has 0 aliphatic heterocycles. The molecule has 0 spiro atoms. The topological polar surface area (TPSA) is 66.2 Å². The van der Waals surface area contributed by atoms with Crippen LogP contribution >= 0.6 is 0 Å². The second-order valence-electron chi connectivity index (χ2n) is 7.50. The largest absolute Gasteiger partial charge is 0.332 e. The summed E-state index contributed by atoms with van der Waals surface area (Å²) in [6.45, 7) is 8.58. The van der Waals surface area contributed by atoms with Crippen LogP contribution in [-0.2, 0) is 13.6 Å². The highest BCUT2D eigenvalue weighted by Gasteiger charge is 2.21.